The first kappa shape index (κ1) is 18.5. The molecule has 0 saturated heterocycles. The van der Waals surface area contributed by atoms with Crippen molar-refractivity contribution in [3.05, 3.63) is 107 Å². The molecular weight excluding hydrogens is 394 g/mol. The minimum absolute atomic E-state index is 0.0827. The zero-order chi connectivity index (χ0) is 20.5. The van der Waals surface area contributed by atoms with E-state index in [1.165, 1.54) is 0 Å². The minimum Gasteiger partial charge on any atom is -0.361 e. The number of amides is 1. The number of aromatic amines is 2. The van der Waals surface area contributed by atoms with Crippen LogP contribution < -0.4 is 0 Å². The van der Waals surface area contributed by atoms with Crippen molar-refractivity contribution in [3.63, 3.8) is 0 Å². The number of H-pyrrole nitrogens is 2. The molecule has 1 amide bonds. The summed E-state index contributed by atoms with van der Waals surface area (Å²) >= 11 is 6.37. The van der Waals surface area contributed by atoms with Crippen LogP contribution in [0.4, 0.5) is 0 Å². The number of carbonyl (C=O) groups is 1. The molecule has 2 aromatic heterocycles. The lowest BCUT2D eigenvalue weighted by Crippen LogP contribution is -2.30. The van der Waals surface area contributed by atoms with Gasteiger partial charge < -0.3 is 14.9 Å². The van der Waals surface area contributed by atoms with Crippen molar-refractivity contribution in [3.8, 4) is 0 Å². The highest BCUT2D eigenvalue weighted by Crippen LogP contribution is 2.26. The number of halogens is 1. The number of hydrogen-bond donors (Lipinski definition) is 2. The molecule has 5 rings (SSSR count). The lowest BCUT2D eigenvalue weighted by atomic mass is 10.1. The Hall–Kier alpha value is -3.50. The summed E-state index contributed by atoms with van der Waals surface area (Å²) in [4.78, 5) is 21.9. The summed E-state index contributed by atoms with van der Waals surface area (Å²) in [6, 6.07) is 23.6. The molecule has 4 nitrogen and oxygen atoms in total. The molecule has 3 aromatic carbocycles. The fourth-order valence-electron chi connectivity index (χ4n) is 3.99. The van der Waals surface area contributed by atoms with Crippen molar-refractivity contribution < 1.29 is 4.79 Å². The number of hydrogen-bond acceptors (Lipinski definition) is 1. The molecule has 0 aliphatic heterocycles. The van der Waals surface area contributed by atoms with Gasteiger partial charge in [0.15, 0.2) is 0 Å². The molecule has 5 heteroatoms. The van der Waals surface area contributed by atoms with Gasteiger partial charge in [-0.2, -0.15) is 0 Å². The lowest BCUT2D eigenvalue weighted by molar-refractivity contribution is 0.0731. The van der Waals surface area contributed by atoms with E-state index >= 15 is 0 Å². The summed E-state index contributed by atoms with van der Waals surface area (Å²) in [5.74, 6) is -0.0827. The SMILES string of the molecule is O=C(c1ccccc1Cl)N(Cc1cccc2[nH]ccc12)Cc1cccc2[nH]ccc12. The molecule has 30 heavy (non-hydrogen) atoms. The summed E-state index contributed by atoms with van der Waals surface area (Å²) in [5.41, 5.74) is 4.82. The normalized spacial score (nSPS) is 11.2. The summed E-state index contributed by atoms with van der Waals surface area (Å²) < 4.78 is 0. The van der Waals surface area contributed by atoms with Gasteiger partial charge in [0.2, 0.25) is 0 Å². The highest BCUT2D eigenvalue weighted by atomic mass is 35.5. The Kier molecular flexibility index (Phi) is 4.77. The number of benzene rings is 3. The Morgan fingerprint density at radius 1 is 0.733 bits per heavy atom. The first-order valence-corrected chi connectivity index (χ1v) is 10.2. The smallest absolute Gasteiger partial charge is 0.255 e. The fraction of sp³-hybridized carbons (Fsp3) is 0.0800. The van der Waals surface area contributed by atoms with Gasteiger partial charge in [-0.15, -0.1) is 0 Å². The van der Waals surface area contributed by atoms with E-state index in [0.29, 0.717) is 23.7 Å². The first-order chi connectivity index (χ1) is 14.7. The average molecular weight is 414 g/mol. The fourth-order valence-corrected chi connectivity index (χ4v) is 4.21. The zero-order valence-corrected chi connectivity index (χ0v) is 17.0. The van der Waals surface area contributed by atoms with Crippen molar-refractivity contribution in [2.24, 2.45) is 0 Å². The Labute approximate surface area is 179 Å². The van der Waals surface area contributed by atoms with Crippen LogP contribution in [-0.2, 0) is 13.1 Å². The predicted octanol–water partition coefficient (Wildman–Crippen LogP) is 6.15. The van der Waals surface area contributed by atoms with Crippen molar-refractivity contribution in [2.75, 3.05) is 0 Å². The Morgan fingerprint density at radius 2 is 1.30 bits per heavy atom. The molecular formula is C25H20ClN3O. The van der Waals surface area contributed by atoms with E-state index < -0.39 is 0 Å². The number of rotatable bonds is 5. The van der Waals surface area contributed by atoms with Crippen LogP contribution in [0.3, 0.4) is 0 Å². The van der Waals surface area contributed by atoms with Crippen LogP contribution in [0.2, 0.25) is 5.02 Å². The lowest BCUT2D eigenvalue weighted by Gasteiger charge is -2.24. The van der Waals surface area contributed by atoms with Crippen molar-refractivity contribution in [2.45, 2.75) is 13.1 Å². The molecule has 0 unspecified atom stereocenters. The van der Waals surface area contributed by atoms with Crippen LogP contribution in [0.5, 0.6) is 0 Å². The van der Waals surface area contributed by atoms with Crippen LogP contribution in [0, 0.1) is 0 Å². The van der Waals surface area contributed by atoms with Crippen LogP contribution >= 0.6 is 11.6 Å². The molecule has 0 saturated carbocycles. The molecule has 5 aromatic rings. The third-order valence-electron chi connectivity index (χ3n) is 5.48. The molecule has 0 atom stereocenters. The monoisotopic (exact) mass is 413 g/mol. The molecule has 2 heterocycles. The van der Waals surface area contributed by atoms with Gasteiger partial charge in [0.05, 0.1) is 10.6 Å². The van der Waals surface area contributed by atoms with Gasteiger partial charge in [0, 0.05) is 47.3 Å². The number of nitrogens with zero attached hydrogens (tertiary/aromatic N) is 1. The molecule has 148 valence electrons. The highest BCUT2D eigenvalue weighted by Gasteiger charge is 2.21. The maximum absolute atomic E-state index is 13.5. The second kappa shape index (κ2) is 7.73. The second-order valence-corrected chi connectivity index (χ2v) is 7.76. The molecule has 0 bridgehead atoms. The highest BCUT2D eigenvalue weighted by molar-refractivity contribution is 6.33. The van der Waals surface area contributed by atoms with Crippen LogP contribution in [0.15, 0.2) is 85.2 Å². The maximum Gasteiger partial charge on any atom is 0.255 e. The Bertz CT molecular complexity index is 1270. The average Bonchev–Trinajstić information content (AvgIpc) is 3.43. The van der Waals surface area contributed by atoms with E-state index in [1.807, 2.05) is 53.7 Å². The third-order valence-corrected chi connectivity index (χ3v) is 5.81. The van der Waals surface area contributed by atoms with E-state index in [2.05, 4.69) is 34.2 Å². The van der Waals surface area contributed by atoms with Crippen molar-refractivity contribution in [1.82, 2.24) is 14.9 Å². The standard InChI is InChI=1S/C25H20ClN3O/c26-22-8-2-1-7-21(22)25(30)29(15-17-5-3-9-23-19(17)11-13-27-23)16-18-6-4-10-24-20(18)12-14-28-24/h1-14,27-28H,15-16H2. The molecule has 0 spiro atoms. The van der Waals surface area contributed by atoms with E-state index in [4.69, 9.17) is 11.6 Å². The zero-order valence-electron chi connectivity index (χ0n) is 16.2. The summed E-state index contributed by atoms with van der Waals surface area (Å²) in [6.45, 7) is 0.972. The largest absolute Gasteiger partial charge is 0.361 e. The van der Waals surface area contributed by atoms with Crippen LogP contribution in [-0.4, -0.2) is 20.8 Å². The van der Waals surface area contributed by atoms with Gasteiger partial charge in [0.1, 0.15) is 0 Å². The molecule has 0 aliphatic carbocycles. The van der Waals surface area contributed by atoms with Gasteiger partial charge in [-0.05, 0) is 47.5 Å². The third kappa shape index (κ3) is 3.36. The second-order valence-electron chi connectivity index (χ2n) is 7.35. The molecule has 2 N–H and O–H groups in total. The number of nitrogens with one attached hydrogen (secondary N) is 2. The van der Waals surface area contributed by atoms with E-state index in [0.717, 1.165) is 32.9 Å². The Morgan fingerprint density at radius 3 is 1.87 bits per heavy atom. The summed E-state index contributed by atoms with van der Waals surface area (Å²) in [5, 5.41) is 2.70. The first-order valence-electron chi connectivity index (χ1n) is 9.84. The molecule has 0 fully saturated rings. The van der Waals surface area contributed by atoms with E-state index in [-0.39, 0.29) is 5.91 Å². The van der Waals surface area contributed by atoms with Crippen molar-refractivity contribution >= 4 is 39.3 Å². The van der Waals surface area contributed by atoms with Crippen LogP contribution in [0.1, 0.15) is 21.5 Å². The number of fused-ring (bicyclic) bond motifs is 2. The number of carbonyl (C=O) groups excluding carboxylic acids is 1. The van der Waals surface area contributed by atoms with E-state index in [1.54, 1.807) is 12.1 Å². The van der Waals surface area contributed by atoms with Gasteiger partial charge >= 0.3 is 0 Å². The van der Waals surface area contributed by atoms with Gasteiger partial charge in [0.25, 0.3) is 5.91 Å². The van der Waals surface area contributed by atoms with Crippen LogP contribution in [0.25, 0.3) is 21.8 Å². The Balaban J connectivity index is 1.56. The quantitative estimate of drug-likeness (QED) is 0.357. The topological polar surface area (TPSA) is 51.9 Å². The minimum atomic E-state index is -0.0827. The van der Waals surface area contributed by atoms with Crippen molar-refractivity contribution in [1.29, 1.82) is 0 Å². The molecule has 0 aliphatic rings. The predicted molar refractivity (Wildman–Crippen MR) is 122 cm³/mol. The van der Waals surface area contributed by atoms with Gasteiger partial charge in [-0.25, -0.2) is 0 Å². The molecule has 0 radical (unpaired) electrons. The van der Waals surface area contributed by atoms with E-state index in [9.17, 15) is 4.79 Å². The number of aromatic nitrogens is 2. The summed E-state index contributed by atoms with van der Waals surface area (Å²) in [6.07, 6.45) is 3.85. The maximum atomic E-state index is 13.5. The van der Waals surface area contributed by atoms with Gasteiger partial charge in [-0.3, -0.25) is 4.79 Å². The summed E-state index contributed by atoms with van der Waals surface area (Å²) in [7, 11) is 0. The van der Waals surface area contributed by atoms with Gasteiger partial charge in [-0.1, -0.05) is 48.0 Å².